The normalized spacial score (nSPS) is 11.1. The lowest BCUT2D eigenvalue weighted by atomic mass is 10.1. The average Bonchev–Trinajstić information content (AvgIpc) is 3.62. The molecule has 0 aliphatic rings. The first-order valence-electron chi connectivity index (χ1n) is 10.8. The van der Waals surface area contributed by atoms with E-state index in [-0.39, 0.29) is 11.7 Å². The van der Waals surface area contributed by atoms with Crippen molar-refractivity contribution in [3.8, 4) is 17.3 Å². The molecule has 11 heteroatoms. The van der Waals surface area contributed by atoms with E-state index in [9.17, 15) is 4.79 Å². The molecule has 7 nitrogen and oxygen atoms in total. The van der Waals surface area contributed by atoms with Crippen molar-refractivity contribution in [2.75, 3.05) is 11.1 Å². The lowest BCUT2D eigenvalue weighted by Crippen LogP contribution is -2.14. The second kappa shape index (κ2) is 10.9. The minimum Gasteiger partial charge on any atom is -0.461 e. The third kappa shape index (κ3) is 5.49. The van der Waals surface area contributed by atoms with Crippen LogP contribution in [0.2, 0.25) is 10.0 Å². The Morgan fingerprint density at radius 2 is 2.00 bits per heavy atom. The second-order valence-electron chi connectivity index (χ2n) is 7.82. The molecule has 1 amide bonds. The van der Waals surface area contributed by atoms with Crippen LogP contribution in [0.1, 0.15) is 16.0 Å². The third-order valence-corrected chi connectivity index (χ3v) is 7.86. The van der Waals surface area contributed by atoms with Crippen molar-refractivity contribution in [3.05, 3.63) is 93.1 Å². The van der Waals surface area contributed by atoms with Crippen LogP contribution < -0.4 is 5.32 Å². The van der Waals surface area contributed by atoms with Gasteiger partial charge >= 0.3 is 0 Å². The summed E-state index contributed by atoms with van der Waals surface area (Å²) in [5.74, 6) is 1.10. The number of carbonyl (C=O) groups is 1. The number of rotatable bonds is 8. The van der Waals surface area contributed by atoms with Gasteiger partial charge in [0.2, 0.25) is 11.7 Å². The molecule has 5 rings (SSSR count). The van der Waals surface area contributed by atoms with Crippen molar-refractivity contribution >= 4 is 57.3 Å². The minimum absolute atomic E-state index is 0.136. The van der Waals surface area contributed by atoms with Crippen molar-refractivity contribution in [1.82, 2.24) is 19.7 Å². The molecule has 182 valence electrons. The van der Waals surface area contributed by atoms with Crippen LogP contribution in [0.25, 0.3) is 17.3 Å². The fraction of sp³-hybridized carbons (Fsp3) is 0.120. The topological polar surface area (TPSA) is 85.8 Å². The predicted octanol–water partition coefficient (Wildman–Crippen LogP) is 6.92. The highest BCUT2D eigenvalue weighted by Gasteiger charge is 2.19. The molecule has 0 aliphatic carbocycles. The van der Waals surface area contributed by atoms with Gasteiger partial charge in [-0.05, 0) is 48.4 Å². The van der Waals surface area contributed by atoms with Crippen LogP contribution in [-0.4, -0.2) is 31.4 Å². The predicted molar refractivity (Wildman–Crippen MR) is 145 cm³/mol. The number of aromatic nitrogens is 4. The zero-order valence-electron chi connectivity index (χ0n) is 18.9. The standard InChI is InChI=1S/C25H19Cl2N5O2S2/c1-15-5-2-7-17(11-15)32-23(20-9-4-10-34-20)30-31-25(32)35-14-21(33)29-24-28-13-18(36-24)12-16-6-3-8-19(26)22(16)27/h2-11,13H,12,14H2,1H3,(H,28,29,33). The maximum Gasteiger partial charge on any atom is 0.236 e. The molecule has 0 saturated carbocycles. The molecule has 1 N–H and O–H groups in total. The van der Waals surface area contributed by atoms with Gasteiger partial charge in [-0.25, -0.2) is 4.98 Å². The van der Waals surface area contributed by atoms with Gasteiger partial charge in [0.05, 0.1) is 27.7 Å². The van der Waals surface area contributed by atoms with E-state index in [1.807, 2.05) is 54.0 Å². The molecule has 0 atom stereocenters. The fourth-order valence-electron chi connectivity index (χ4n) is 3.53. The number of benzene rings is 2. The SMILES string of the molecule is Cc1cccc(-n2c(SCC(=O)Nc3ncc(Cc4cccc(Cl)c4Cl)s3)nnc2-c2ccco2)c1. The number of carbonyl (C=O) groups excluding carboxylic acids is 1. The molecule has 3 heterocycles. The van der Waals surface area contributed by atoms with Crippen LogP contribution in [0, 0.1) is 6.92 Å². The Kier molecular flexibility index (Phi) is 7.43. The average molecular weight is 557 g/mol. The van der Waals surface area contributed by atoms with Gasteiger partial charge in [0.15, 0.2) is 16.0 Å². The molecule has 3 aromatic heterocycles. The van der Waals surface area contributed by atoms with Crippen molar-refractivity contribution in [2.45, 2.75) is 18.5 Å². The van der Waals surface area contributed by atoms with Gasteiger partial charge in [-0.1, -0.05) is 59.2 Å². The molecular formula is C25H19Cl2N5O2S2. The molecule has 2 aromatic carbocycles. The van der Waals surface area contributed by atoms with Gasteiger partial charge in [0.25, 0.3) is 0 Å². The highest BCUT2D eigenvalue weighted by molar-refractivity contribution is 7.99. The Morgan fingerprint density at radius 3 is 2.81 bits per heavy atom. The minimum atomic E-state index is -0.194. The van der Waals surface area contributed by atoms with E-state index < -0.39 is 0 Å². The Morgan fingerprint density at radius 1 is 1.14 bits per heavy atom. The van der Waals surface area contributed by atoms with Gasteiger partial charge in [-0.15, -0.1) is 21.5 Å². The zero-order chi connectivity index (χ0) is 25.1. The molecule has 36 heavy (non-hydrogen) atoms. The van der Waals surface area contributed by atoms with Crippen LogP contribution >= 0.6 is 46.3 Å². The molecule has 0 aliphatic heterocycles. The van der Waals surface area contributed by atoms with Crippen molar-refractivity contribution in [2.24, 2.45) is 0 Å². The van der Waals surface area contributed by atoms with Crippen molar-refractivity contribution in [3.63, 3.8) is 0 Å². The van der Waals surface area contributed by atoms with Gasteiger partial charge in [-0.2, -0.15) is 0 Å². The van der Waals surface area contributed by atoms with E-state index >= 15 is 0 Å². The molecular weight excluding hydrogens is 537 g/mol. The first-order chi connectivity index (χ1) is 17.5. The van der Waals surface area contributed by atoms with E-state index in [2.05, 4.69) is 20.5 Å². The highest BCUT2D eigenvalue weighted by Crippen LogP contribution is 2.31. The van der Waals surface area contributed by atoms with Crippen LogP contribution in [0.3, 0.4) is 0 Å². The summed E-state index contributed by atoms with van der Waals surface area (Å²) in [6.45, 7) is 2.02. The molecule has 0 radical (unpaired) electrons. The number of thiazole rings is 1. The highest BCUT2D eigenvalue weighted by atomic mass is 35.5. The first kappa shape index (κ1) is 24.6. The molecule has 0 spiro atoms. The van der Waals surface area contributed by atoms with E-state index in [1.165, 1.54) is 23.1 Å². The van der Waals surface area contributed by atoms with Crippen LogP contribution in [-0.2, 0) is 11.2 Å². The van der Waals surface area contributed by atoms with Gasteiger partial charge in [0, 0.05) is 17.5 Å². The summed E-state index contributed by atoms with van der Waals surface area (Å²) >= 11 is 15.1. The zero-order valence-corrected chi connectivity index (χ0v) is 22.1. The largest absolute Gasteiger partial charge is 0.461 e. The van der Waals surface area contributed by atoms with Crippen LogP contribution in [0.4, 0.5) is 5.13 Å². The monoisotopic (exact) mass is 555 g/mol. The van der Waals surface area contributed by atoms with Gasteiger partial charge in [0.1, 0.15) is 0 Å². The number of halogens is 2. The van der Waals surface area contributed by atoms with E-state index in [0.29, 0.717) is 38.3 Å². The third-order valence-electron chi connectivity index (χ3n) is 5.16. The summed E-state index contributed by atoms with van der Waals surface area (Å²) in [5, 5.41) is 13.6. The summed E-state index contributed by atoms with van der Waals surface area (Å²) < 4.78 is 7.44. The van der Waals surface area contributed by atoms with Gasteiger partial charge < -0.3 is 9.73 Å². The number of thioether (sulfide) groups is 1. The molecule has 0 fully saturated rings. The maximum absolute atomic E-state index is 12.7. The smallest absolute Gasteiger partial charge is 0.236 e. The number of nitrogens with zero attached hydrogens (tertiary/aromatic N) is 4. The second-order valence-corrected chi connectivity index (χ2v) is 10.7. The summed E-state index contributed by atoms with van der Waals surface area (Å²) in [4.78, 5) is 18.0. The summed E-state index contributed by atoms with van der Waals surface area (Å²) in [7, 11) is 0. The quantitative estimate of drug-likeness (QED) is 0.209. The lowest BCUT2D eigenvalue weighted by molar-refractivity contribution is -0.113. The number of anilines is 1. The Balaban J connectivity index is 1.28. The fourth-order valence-corrected chi connectivity index (χ4v) is 5.52. The number of nitrogens with one attached hydrogen (secondary N) is 1. The number of aryl methyl sites for hydroxylation is 1. The molecule has 0 unspecified atom stereocenters. The number of hydrogen-bond acceptors (Lipinski definition) is 7. The van der Waals surface area contributed by atoms with Crippen LogP contribution in [0.15, 0.2) is 76.6 Å². The number of amides is 1. The molecule has 5 aromatic rings. The summed E-state index contributed by atoms with van der Waals surface area (Å²) in [6, 6.07) is 17.1. The van der Waals surface area contributed by atoms with Crippen molar-refractivity contribution < 1.29 is 9.21 Å². The van der Waals surface area contributed by atoms with E-state index in [0.717, 1.165) is 21.7 Å². The van der Waals surface area contributed by atoms with E-state index in [4.69, 9.17) is 27.6 Å². The molecule has 0 saturated heterocycles. The Bertz CT molecular complexity index is 1510. The number of furan rings is 1. The Labute approximate surface area is 225 Å². The summed E-state index contributed by atoms with van der Waals surface area (Å²) in [5.41, 5.74) is 2.89. The van der Waals surface area contributed by atoms with Gasteiger partial charge in [-0.3, -0.25) is 9.36 Å². The first-order valence-corrected chi connectivity index (χ1v) is 13.4. The van der Waals surface area contributed by atoms with Crippen LogP contribution in [0.5, 0.6) is 0 Å². The van der Waals surface area contributed by atoms with E-state index in [1.54, 1.807) is 24.6 Å². The Hall–Kier alpha value is -3.11. The number of hydrogen-bond donors (Lipinski definition) is 1. The lowest BCUT2D eigenvalue weighted by Gasteiger charge is -2.10. The maximum atomic E-state index is 12.7. The molecule has 0 bridgehead atoms. The van der Waals surface area contributed by atoms with Crippen molar-refractivity contribution in [1.29, 1.82) is 0 Å². The summed E-state index contributed by atoms with van der Waals surface area (Å²) in [6.07, 6.45) is 3.90.